The van der Waals surface area contributed by atoms with Crippen molar-refractivity contribution < 1.29 is 9.59 Å². The zero-order chi connectivity index (χ0) is 16.4. The fourth-order valence-corrected chi connectivity index (χ4v) is 2.56. The van der Waals surface area contributed by atoms with Gasteiger partial charge in [0.15, 0.2) is 0 Å². The minimum absolute atomic E-state index is 0.106. The van der Waals surface area contributed by atoms with Gasteiger partial charge in [0, 0.05) is 5.02 Å². The minimum atomic E-state index is -0.422. The SMILES string of the molecule is CCc1ccc(C=C2C(=O)NN(c3cccc(Cl)c3)C2=O)cc1. The number of aryl methyl sites for hydroxylation is 1. The Balaban J connectivity index is 1.90. The van der Waals surface area contributed by atoms with E-state index in [9.17, 15) is 9.59 Å². The van der Waals surface area contributed by atoms with Gasteiger partial charge in [-0.2, -0.15) is 0 Å². The number of hydrogen-bond donors (Lipinski definition) is 1. The maximum Gasteiger partial charge on any atom is 0.282 e. The molecule has 1 heterocycles. The molecule has 0 bridgehead atoms. The lowest BCUT2D eigenvalue weighted by molar-refractivity contribution is -0.117. The van der Waals surface area contributed by atoms with Crippen molar-refractivity contribution in [1.29, 1.82) is 0 Å². The Hall–Kier alpha value is -2.59. The quantitative estimate of drug-likeness (QED) is 0.694. The first-order chi connectivity index (χ1) is 11.1. The summed E-state index contributed by atoms with van der Waals surface area (Å²) in [6.07, 6.45) is 2.54. The lowest BCUT2D eigenvalue weighted by atomic mass is 10.1. The molecule has 1 aliphatic rings. The predicted octanol–water partition coefficient (Wildman–Crippen LogP) is 3.36. The summed E-state index contributed by atoms with van der Waals surface area (Å²) in [7, 11) is 0. The molecule has 0 unspecified atom stereocenters. The van der Waals surface area contributed by atoms with E-state index in [-0.39, 0.29) is 5.57 Å². The van der Waals surface area contributed by atoms with E-state index in [1.54, 1.807) is 30.3 Å². The van der Waals surface area contributed by atoms with Crippen LogP contribution in [0.5, 0.6) is 0 Å². The molecule has 116 valence electrons. The highest BCUT2D eigenvalue weighted by Gasteiger charge is 2.34. The molecule has 1 fully saturated rings. The van der Waals surface area contributed by atoms with Crippen molar-refractivity contribution in [3.63, 3.8) is 0 Å². The lowest BCUT2D eigenvalue weighted by Crippen LogP contribution is -2.35. The van der Waals surface area contributed by atoms with E-state index < -0.39 is 11.8 Å². The van der Waals surface area contributed by atoms with Crippen LogP contribution in [0, 0.1) is 0 Å². The van der Waals surface area contributed by atoms with Crippen LogP contribution in [0.4, 0.5) is 5.69 Å². The largest absolute Gasteiger partial charge is 0.282 e. The van der Waals surface area contributed by atoms with E-state index in [0.29, 0.717) is 10.7 Å². The van der Waals surface area contributed by atoms with Gasteiger partial charge in [0.05, 0.1) is 5.69 Å². The lowest BCUT2D eigenvalue weighted by Gasteiger charge is -2.14. The first kappa shape index (κ1) is 15.3. The number of benzene rings is 2. The molecule has 1 saturated heterocycles. The average Bonchev–Trinajstić information content (AvgIpc) is 2.84. The summed E-state index contributed by atoms with van der Waals surface area (Å²) in [6.45, 7) is 2.07. The van der Waals surface area contributed by atoms with E-state index in [4.69, 9.17) is 11.6 Å². The Kier molecular flexibility index (Phi) is 4.17. The third-order valence-electron chi connectivity index (χ3n) is 3.66. The second kappa shape index (κ2) is 6.26. The van der Waals surface area contributed by atoms with Crippen molar-refractivity contribution in [2.75, 3.05) is 5.01 Å². The maximum absolute atomic E-state index is 12.5. The van der Waals surface area contributed by atoms with Crippen LogP contribution in [0.2, 0.25) is 5.02 Å². The third kappa shape index (κ3) is 3.12. The zero-order valence-electron chi connectivity index (χ0n) is 12.5. The van der Waals surface area contributed by atoms with Gasteiger partial charge in [-0.15, -0.1) is 0 Å². The van der Waals surface area contributed by atoms with Crippen LogP contribution in [0.3, 0.4) is 0 Å². The van der Waals surface area contributed by atoms with Crippen molar-refractivity contribution in [3.8, 4) is 0 Å². The fraction of sp³-hybridized carbons (Fsp3) is 0.111. The van der Waals surface area contributed by atoms with Crippen LogP contribution < -0.4 is 10.4 Å². The predicted molar refractivity (Wildman–Crippen MR) is 90.9 cm³/mol. The average molecular weight is 327 g/mol. The van der Waals surface area contributed by atoms with Crippen molar-refractivity contribution >= 4 is 35.2 Å². The minimum Gasteiger partial charge on any atom is -0.267 e. The Morgan fingerprint density at radius 1 is 1.13 bits per heavy atom. The summed E-state index contributed by atoms with van der Waals surface area (Å²) in [5.74, 6) is -0.814. The van der Waals surface area contributed by atoms with Gasteiger partial charge in [0.25, 0.3) is 11.8 Å². The molecular formula is C18H15ClN2O2. The second-order valence-electron chi connectivity index (χ2n) is 5.21. The molecular weight excluding hydrogens is 312 g/mol. The van der Waals surface area contributed by atoms with Gasteiger partial charge in [-0.3, -0.25) is 15.0 Å². The molecule has 1 N–H and O–H groups in total. The van der Waals surface area contributed by atoms with E-state index in [1.165, 1.54) is 10.6 Å². The number of carbonyl (C=O) groups excluding carboxylic acids is 2. The number of rotatable bonds is 3. The highest BCUT2D eigenvalue weighted by Crippen LogP contribution is 2.24. The van der Waals surface area contributed by atoms with E-state index in [2.05, 4.69) is 12.3 Å². The van der Waals surface area contributed by atoms with Crippen molar-refractivity contribution in [3.05, 3.63) is 70.3 Å². The molecule has 2 aromatic rings. The second-order valence-corrected chi connectivity index (χ2v) is 5.65. The van der Waals surface area contributed by atoms with Gasteiger partial charge in [-0.1, -0.05) is 48.9 Å². The van der Waals surface area contributed by atoms with E-state index in [0.717, 1.165) is 12.0 Å². The maximum atomic E-state index is 12.5. The van der Waals surface area contributed by atoms with Crippen LogP contribution in [-0.4, -0.2) is 11.8 Å². The zero-order valence-corrected chi connectivity index (χ0v) is 13.3. The summed E-state index contributed by atoms with van der Waals surface area (Å²) in [5.41, 5.74) is 5.21. The van der Waals surface area contributed by atoms with Crippen molar-refractivity contribution in [2.24, 2.45) is 0 Å². The van der Waals surface area contributed by atoms with Crippen LogP contribution >= 0.6 is 11.6 Å². The number of nitrogens with one attached hydrogen (secondary N) is 1. The Morgan fingerprint density at radius 2 is 1.87 bits per heavy atom. The fourth-order valence-electron chi connectivity index (χ4n) is 2.37. The molecule has 0 aromatic heterocycles. The number of hydrogen-bond acceptors (Lipinski definition) is 2. The van der Waals surface area contributed by atoms with Gasteiger partial charge < -0.3 is 0 Å². The summed E-state index contributed by atoms with van der Waals surface area (Å²) in [4.78, 5) is 24.6. The topological polar surface area (TPSA) is 49.4 Å². The number of hydrazine groups is 1. The molecule has 3 rings (SSSR count). The molecule has 4 nitrogen and oxygen atoms in total. The van der Waals surface area contributed by atoms with Crippen LogP contribution in [0.1, 0.15) is 18.1 Å². The molecule has 0 aliphatic carbocycles. The normalized spacial score (nSPS) is 16.1. The first-order valence-corrected chi connectivity index (χ1v) is 7.68. The highest BCUT2D eigenvalue weighted by atomic mass is 35.5. The standard InChI is InChI=1S/C18H15ClN2O2/c1-2-12-6-8-13(9-7-12)10-16-17(22)20-21(18(16)23)15-5-3-4-14(19)11-15/h3-11H,2H2,1H3,(H,20,22). The van der Waals surface area contributed by atoms with Gasteiger partial charge in [0.1, 0.15) is 5.57 Å². The molecule has 0 radical (unpaired) electrons. The summed E-state index contributed by atoms with van der Waals surface area (Å²) in [5, 5.41) is 1.71. The number of amides is 2. The summed E-state index contributed by atoms with van der Waals surface area (Å²) in [6, 6.07) is 14.5. The molecule has 5 heteroatoms. The summed E-state index contributed by atoms with van der Waals surface area (Å²) >= 11 is 5.94. The van der Waals surface area contributed by atoms with E-state index in [1.807, 2.05) is 24.3 Å². The molecule has 23 heavy (non-hydrogen) atoms. The number of nitrogens with zero attached hydrogens (tertiary/aromatic N) is 1. The van der Waals surface area contributed by atoms with Gasteiger partial charge in [0.2, 0.25) is 0 Å². The number of halogens is 1. The Bertz CT molecular complexity index is 797. The smallest absolute Gasteiger partial charge is 0.267 e. The summed E-state index contributed by atoms with van der Waals surface area (Å²) < 4.78 is 0. The molecule has 0 spiro atoms. The van der Waals surface area contributed by atoms with Gasteiger partial charge in [-0.05, 0) is 41.8 Å². The van der Waals surface area contributed by atoms with Crippen molar-refractivity contribution in [2.45, 2.75) is 13.3 Å². The first-order valence-electron chi connectivity index (χ1n) is 7.30. The Labute approximate surface area is 139 Å². The van der Waals surface area contributed by atoms with Crippen molar-refractivity contribution in [1.82, 2.24) is 5.43 Å². The molecule has 0 saturated carbocycles. The molecule has 1 aliphatic heterocycles. The van der Waals surface area contributed by atoms with Gasteiger partial charge in [-0.25, -0.2) is 5.01 Å². The van der Waals surface area contributed by atoms with Crippen LogP contribution in [-0.2, 0) is 16.0 Å². The number of carbonyl (C=O) groups is 2. The van der Waals surface area contributed by atoms with Crippen LogP contribution in [0.25, 0.3) is 6.08 Å². The Morgan fingerprint density at radius 3 is 2.52 bits per heavy atom. The van der Waals surface area contributed by atoms with Crippen LogP contribution in [0.15, 0.2) is 54.1 Å². The molecule has 2 aromatic carbocycles. The van der Waals surface area contributed by atoms with E-state index >= 15 is 0 Å². The monoisotopic (exact) mass is 326 g/mol. The molecule has 2 amide bonds. The number of anilines is 1. The van der Waals surface area contributed by atoms with Gasteiger partial charge >= 0.3 is 0 Å². The third-order valence-corrected chi connectivity index (χ3v) is 3.89. The molecule has 0 atom stereocenters. The highest BCUT2D eigenvalue weighted by molar-refractivity contribution is 6.33.